The van der Waals surface area contributed by atoms with Crippen LogP contribution >= 0.6 is 0 Å². The second-order valence-corrected chi connectivity index (χ2v) is 6.06. The van der Waals surface area contributed by atoms with Gasteiger partial charge in [0, 0.05) is 22.9 Å². The van der Waals surface area contributed by atoms with Gasteiger partial charge in [0.15, 0.2) is 0 Å². The van der Waals surface area contributed by atoms with Crippen LogP contribution in [0.1, 0.15) is 11.1 Å². The van der Waals surface area contributed by atoms with Crippen LogP contribution in [0.2, 0.25) is 0 Å². The molecule has 0 bridgehead atoms. The average molecular weight is 309 g/mol. The third kappa shape index (κ3) is 2.08. The summed E-state index contributed by atoms with van der Waals surface area (Å²) in [7, 11) is 0. The lowest BCUT2D eigenvalue weighted by Gasteiger charge is -2.22. The zero-order chi connectivity index (χ0) is 15.9. The van der Waals surface area contributed by atoms with Crippen molar-refractivity contribution >= 4 is 10.9 Å². The quantitative estimate of drug-likeness (QED) is 0.402. The molecule has 0 saturated carbocycles. The van der Waals surface area contributed by atoms with Gasteiger partial charge in [0.25, 0.3) is 0 Å². The van der Waals surface area contributed by atoms with Gasteiger partial charge in [-0.05, 0) is 29.8 Å². The van der Waals surface area contributed by atoms with Gasteiger partial charge >= 0.3 is 0 Å². The topological polar surface area (TPSA) is 22.1 Å². The minimum Gasteiger partial charge on any atom is -0.457 e. The van der Waals surface area contributed by atoms with E-state index < -0.39 is 0 Å². The monoisotopic (exact) mass is 309 g/mol. The summed E-state index contributed by atoms with van der Waals surface area (Å²) in [5.74, 6) is 1.88. The van der Waals surface area contributed by atoms with Crippen LogP contribution in [0.4, 0.5) is 0 Å². The molecule has 0 amide bonds. The van der Waals surface area contributed by atoms with Crippen LogP contribution in [0.5, 0.6) is 11.5 Å². The molecule has 4 aromatic rings. The van der Waals surface area contributed by atoms with Crippen LogP contribution in [-0.2, 0) is 6.42 Å². The second kappa shape index (κ2) is 5.20. The molecule has 0 radical (unpaired) electrons. The molecule has 1 aromatic heterocycles. The van der Waals surface area contributed by atoms with E-state index in [4.69, 9.17) is 9.72 Å². The van der Waals surface area contributed by atoms with Crippen molar-refractivity contribution in [1.82, 2.24) is 4.98 Å². The molecule has 0 spiro atoms. The fourth-order valence-corrected chi connectivity index (χ4v) is 3.36. The Bertz CT molecular complexity index is 1070. The van der Waals surface area contributed by atoms with E-state index in [1.807, 2.05) is 36.4 Å². The fourth-order valence-electron chi connectivity index (χ4n) is 3.36. The summed E-state index contributed by atoms with van der Waals surface area (Å²) in [4.78, 5) is 4.85. The van der Waals surface area contributed by atoms with E-state index in [0.29, 0.717) is 0 Å². The van der Waals surface area contributed by atoms with E-state index in [0.717, 1.165) is 40.1 Å². The lowest BCUT2D eigenvalue weighted by molar-refractivity contribution is 0.460. The van der Waals surface area contributed by atoms with E-state index >= 15 is 0 Å². The van der Waals surface area contributed by atoms with Crippen LogP contribution in [0, 0.1) is 0 Å². The zero-order valence-corrected chi connectivity index (χ0v) is 13.1. The minimum absolute atomic E-state index is 0.871. The standard InChI is InChI=1S/C22H15NO/c1-3-9-19-15(6-1)12-13-20(23-19)17-8-5-11-22-18(17)14-16-7-2-4-10-21(16)24-22/h1-13H,14H2. The Balaban J connectivity index is 1.67. The molecule has 0 fully saturated rings. The first kappa shape index (κ1) is 13.3. The Labute approximate surface area is 140 Å². The molecule has 0 unspecified atom stereocenters. The maximum absolute atomic E-state index is 6.10. The Morgan fingerprint density at radius 1 is 0.708 bits per heavy atom. The van der Waals surface area contributed by atoms with E-state index in [-0.39, 0.29) is 0 Å². The number of nitrogens with zero attached hydrogens (tertiary/aromatic N) is 1. The number of aromatic nitrogens is 1. The highest BCUT2D eigenvalue weighted by Gasteiger charge is 2.20. The molecule has 3 aromatic carbocycles. The first-order chi connectivity index (χ1) is 11.9. The number of pyridine rings is 1. The molecule has 0 saturated heterocycles. The second-order valence-electron chi connectivity index (χ2n) is 6.06. The van der Waals surface area contributed by atoms with Crippen LogP contribution in [0.25, 0.3) is 22.2 Å². The molecule has 2 heterocycles. The van der Waals surface area contributed by atoms with Crippen molar-refractivity contribution in [2.24, 2.45) is 0 Å². The highest BCUT2D eigenvalue weighted by molar-refractivity contribution is 5.82. The van der Waals surface area contributed by atoms with Crippen molar-refractivity contribution in [2.45, 2.75) is 6.42 Å². The van der Waals surface area contributed by atoms with Gasteiger partial charge in [-0.3, -0.25) is 0 Å². The number of fused-ring (bicyclic) bond motifs is 3. The summed E-state index contributed by atoms with van der Waals surface area (Å²) in [5.41, 5.74) is 5.59. The van der Waals surface area contributed by atoms with Gasteiger partial charge in [-0.2, -0.15) is 0 Å². The molecule has 5 rings (SSSR count). The van der Waals surface area contributed by atoms with Crippen molar-refractivity contribution < 1.29 is 4.74 Å². The Hall–Kier alpha value is -3.13. The van der Waals surface area contributed by atoms with Crippen molar-refractivity contribution in [3.63, 3.8) is 0 Å². The maximum Gasteiger partial charge on any atom is 0.131 e. The maximum atomic E-state index is 6.10. The van der Waals surface area contributed by atoms with Crippen LogP contribution in [0.15, 0.2) is 78.9 Å². The number of hydrogen-bond donors (Lipinski definition) is 0. The lowest BCUT2D eigenvalue weighted by atomic mass is 9.94. The highest BCUT2D eigenvalue weighted by atomic mass is 16.5. The predicted octanol–water partition coefficient (Wildman–Crippen LogP) is 5.60. The first-order valence-corrected chi connectivity index (χ1v) is 8.12. The molecule has 114 valence electrons. The molecular formula is C22H15NO. The largest absolute Gasteiger partial charge is 0.457 e. The Kier molecular flexibility index (Phi) is 2.89. The van der Waals surface area contributed by atoms with E-state index in [1.54, 1.807) is 0 Å². The molecule has 0 atom stereocenters. The SMILES string of the molecule is c1ccc2c(c1)Cc1c(cccc1-c1ccc3ccccc3n1)O2. The average Bonchev–Trinajstić information content (AvgIpc) is 2.65. The summed E-state index contributed by atoms with van der Waals surface area (Å²) >= 11 is 0. The summed E-state index contributed by atoms with van der Waals surface area (Å²) in [6.07, 6.45) is 0.871. The zero-order valence-electron chi connectivity index (χ0n) is 13.1. The van der Waals surface area contributed by atoms with E-state index in [1.165, 1.54) is 11.1 Å². The minimum atomic E-state index is 0.871. The number of benzene rings is 3. The molecule has 0 N–H and O–H groups in total. The van der Waals surface area contributed by atoms with Gasteiger partial charge in [-0.25, -0.2) is 4.98 Å². The number of para-hydroxylation sites is 2. The normalized spacial score (nSPS) is 12.3. The van der Waals surface area contributed by atoms with Crippen molar-refractivity contribution in [3.05, 3.63) is 90.0 Å². The third-order valence-electron chi connectivity index (χ3n) is 4.57. The smallest absolute Gasteiger partial charge is 0.131 e. The van der Waals surface area contributed by atoms with Gasteiger partial charge in [-0.1, -0.05) is 54.6 Å². The van der Waals surface area contributed by atoms with E-state index in [2.05, 4.69) is 42.5 Å². The summed E-state index contributed by atoms with van der Waals surface area (Å²) in [5, 5.41) is 1.16. The molecule has 0 aliphatic carbocycles. The predicted molar refractivity (Wildman–Crippen MR) is 96.5 cm³/mol. The van der Waals surface area contributed by atoms with Gasteiger partial charge in [0.1, 0.15) is 11.5 Å². The van der Waals surface area contributed by atoms with E-state index in [9.17, 15) is 0 Å². The van der Waals surface area contributed by atoms with Gasteiger partial charge in [0.2, 0.25) is 0 Å². The molecule has 24 heavy (non-hydrogen) atoms. The molecule has 1 aliphatic heterocycles. The number of hydrogen-bond acceptors (Lipinski definition) is 2. The number of rotatable bonds is 1. The summed E-state index contributed by atoms with van der Waals surface area (Å²) in [6.45, 7) is 0. The molecule has 2 nitrogen and oxygen atoms in total. The number of ether oxygens (including phenoxy) is 1. The van der Waals surface area contributed by atoms with Crippen molar-refractivity contribution in [3.8, 4) is 22.8 Å². The Morgan fingerprint density at radius 3 is 2.54 bits per heavy atom. The molecule has 2 heteroatoms. The van der Waals surface area contributed by atoms with Gasteiger partial charge in [0.05, 0.1) is 11.2 Å². The first-order valence-electron chi connectivity index (χ1n) is 8.12. The highest BCUT2D eigenvalue weighted by Crippen LogP contribution is 2.40. The third-order valence-corrected chi connectivity index (χ3v) is 4.57. The summed E-state index contributed by atoms with van der Waals surface area (Å²) < 4.78 is 6.10. The Morgan fingerprint density at radius 2 is 1.54 bits per heavy atom. The van der Waals surface area contributed by atoms with Gasteiger partial charge in [-0.15, -0.1) is 0 Å². The lowest BCUT2D eigenvalue weighted by Crippen LogP contribution is -2.04. The van der Waals surface area contributed by atoms with Crippen LogP contribution < -0.4 is 4.74 Å². The van der Waals surface area contributed by atoms with Crippen molar-refractivity contribution in [2.75, 3.05) is 0 Å². The van der Waals surface area contributed by atoms with Gasteiger partial charge < -0.3 is 4.74 Å². The van der Waals surface area contributed by atoms with Crippen LogP contribution in [0.3, 0.4) is 0 Å². The molecule has 1 aliphatic rings. The fraction of sp³-hybridized carbons (Fsp3) is 0.0455. The molecular weight excluding hydrogens is 294 g/mol. The van der Waals surface area contributed by atoms with Crippen molar-refractivity contribution in [1.29, 1.82) is 0 Å². The van der Waals surface area contributed by atoms with Crippen LogP contribution in [-0.4, -0.2) is 4.98 Å². The summed E-state index contributed by atoms with van der Waals surface area (Å²) in [6, 6.07) is 26.9.